The van der Waals surface area contributed by atoms with E-state index in [4.69, 9.17) is 17.2 Å². The fourth-order valence-electron chi connectivity index (χ4n) is 2.74. The van der Waals surface area contributed by atoms with Crippen LogP contribution in [-0.4, -0.2) is 16.4 Å². The van der Waals surface area contributed by atoms with Crippen LogP contribution < -0.4 is 5.32 Å². The fourth-order valence-corrected chi connectivity index (χ4v) is 3.36. The average Bonchev–Trinajstić information content (AvgIpc) is 2.68. The Morgan fingerprint density at radius 1 is 1.11 bits per heavy atom. The molecule has 94 valence electrons. The minimum Gasteiger partial charge on any atom is -0.351 e. The van der Waals surface area contributed by atoms with Gasteiger partial charge in [0.25, 0.3) is 0 Å². The van der Waals surface area contributed by atoms with Crippen molar-refractivity contribution in [2.45, 2.75) is 37.8 Å². The standard InChI is InChI=1S/C14H15BrN2S/c15-11-6-4-10(5-7-11)12-13(18)17-14(16-12)8-2-1-3-9-14/h4-7H,1-3,8-9H2,(H,17,18). The minimum absolute atomic E-state index is 0.0995. The molecule has 0 atom stereocenters. The van der Waals surface area contributed by atoms with Gasteiger partial charge in [-0.2, -0.15) is 0 Å². The Morgan fingerprint density at radius 2 is 1.78 bits per heavy atom. The second-order valence-electron chi connectivity index (χ2n) is 5.01. The molecule has 2 nitrogen and oxygen atoms in total. The summed E-state index contributed by atoms with van der Waals surface area (Å²) in [7, 11) is 0. The third kappa shape index (κ3) is 2.24. The van der Waals surface area contributed by atoms with Crippen LogP contribution in [0.15, 0.2) is 33.7 Å². The number of halogens is 1. The van der Waals surface area contributed by atoms with Gasteiger partial charge in [0.05, 0.1) is 0 Å². The van der Waals surface area contributed by atoms with E-state index in [9.17, 15) is 0 Å². The summed E-state index contributed by atoms with van der Waals surface area (Å²) in [6.07, 6.45) is 6.01. The Labute approximate surface area is 121 Å². The van der Waals surface area contributed by atoms with Gasteiger partial charge < -0.3 is 5.32 Å². The molecule has 0 saturated heterocycles. The van der Waals surface area contributed by atoms with E-state index >= 15 is 0 Å². The lowest BCUT2D eigenvalue weighted by Gasteiger charge is -2.30. The number of rotatable bonds is 1. The molecule has 1 spiro atoms. The van der Waals surface area contributed by atoms with Crippen LogP contribution in [0.1, 0.15) is 37.7 Å². The normalized spacial score (nSPS) is 21.8. The first-order valence-electron chi connectivity index (χ1n) is 6.37. The molecule has 0 radical (unpaired) electrons. The van der Waals surface area contributed by atoms with Crippen molar-refractivity contribution in [1.29, 1.82) is 0 Å². The molecule has 3 rings (SSSR count). The Balaban J connectivity index is 1.93. The molecule has 1 aromatic carbocycles. The Kier molecular flexibility index (Phi) is 3.24. The first-order valence-corrected chi connectivity index (χ1v) is 7.57. The van der Waals surface area contributed by atoms with Crippen LogP contribution in [-0.2, 0) is 0 Å². The summed E-state index contributed by atoms with van der Waals surface area (Å²) in [4.78, 5) is 5.71. The number of hydrogen-bond donors (Lipinski definition) is 1. The maximum atomic E-state index is 5.46. The van der Waals surface area contributed by atoms with Crippen molar-refractivity contribution in [1.82, 2.24) is 5.32 Å². The van der Waals surface area contributed by atoms with Crippen LogP contribution >= 0.6 is 28.1 Å². The zero-order chi connectivity index (χ0) is 12.6. The number of nitrogens with zero attached hydrogens (tertiary/aromatic N) is 1. The predicted molar refractivity (Wildman–Crippen MR) is 82.2 cm³/mol. The summed E-state index contributed by atoms with van der Waals surface area (Å²) in [5.41, 5.74) is 1.97. The van der Waals surface area contributed by atoms with E-state index in [1.807, 2.05) is 12.1 Å². The lowest BCUT2D eigenvalue weighted by Crippen LogP contribution is -2.43. The number of benzene rings is 1. The molecule has 2 aliphatic rings. The van der Waals surface area contributed by atoms with E-state index in [0.717, 1.165) is 33.6 Å². The number of thiocarbonyl (C=S) groups is 1. The molecule has 0 amide bonds. The lowest BCUT2D eigenvalue weighted by atomic mass is 9.90. The van der Waals surface area contributed by atoms with Crippen LogP contribution in [0.4, 0.5) is 0 Å². The van der Waals surface area contributed by atoms with Crippen molar-refractivity contribution in [3.63, 3.8) is 0 Å². The SMILES string of the molecule is S=C1NC2(CCCCC2)N=C1c1ccc(Br)cc1. The van der Waals surface area contributed by atoms with E-state index in [1.54, 1.807) is 0 Å². The Hall–Kier alpha value is -0.740. The van der Waals surface area contributed by atoms with Crippen molar-refractivity contribution in [3.05, 3.63) is 34.3 Å². The highest BCUT2D eigenvalue weighted by Crippen LogP contribution is 2.33. The summed E-state index contributed by atoms with van der Waals surface area (Å²) in [6.45, 7) is 0. The maximum absolute atomic E-state index is 5.46. The van der Waals surface area contributed by atoms with Crippen LogP contribution in [0.3, 0.4) is 0 Å². The van der Waals surface area contributed by atoms with Crippen molar-refractivity contribution in [2.75, 3.05) is 0 Å². The van der Waals surface area contributed by atoms with Crippen molar-refractivity contribution in [3.8, 4) is 0 Å². The molecule has 0 aromatic heterocycles. The first kappa shape index (κ1) is 12.3. The molecule has 1 aromatic rings. The van der Waals surface area contributed by atoms with Gasteiger partial charge in [-0.05, 0) is 37.8 Å². The number of aliphatic imine (C=N–C) groups is 1. The maximum Gasteiger partial charge on any atom is 0.131 e. The van der Waals surface area contributed by atoms with E-state index in [-0.39, 0.29) is 5.66 Å². The van der Waals surface area contributed by atoms with Gasteiger partial charge in [-0.15, -0.1) is 0 Å². The third-order valence-corrected chi connectivity index (χ3v) is 4.51. The zero-order valence-corrected chi connectivity index (χ0v) is 12.5. The zero-order valence-electron chi connectivity index (χ0n) is 10.1. The van der Waals surface area contributed by atoms with Gasteiger partial charge in [-0.25, -0.2) is 0 Å². The molecule has 1 saturated carbocycles. The van der Waals surface area contributed by atoms with Gasteiger partial charge in [-0.3, -0.25) is 4.99 Å². The van der Waals surface area contributed by atoms with E-state index in [0.29, 0.717) is 0 Å². The van der Waals surface area contributed by atoms with Crippen LogP contribution in [0.5, 0.6) is 0 Å². The summed E-state index contributed by atoms with van der Waals surface area (Å²) < 4.78 is 1.08. The molecule has 0 unspecified atom stereocenters. The number of hydrogen-bond acceptors (Lipinski definition) is 2. The van der Waals surface area contributed by atoms with Gasteiger partial charge in [0.2, 0.25) is 0 Å². The van der Waals surface area contributed by atoms with Gasteiger partial charge in [0.15, 0.2) is 0 Å². The van der Waals surface area contributed by atoms with E-state index < -0.39 is 0 Å². The third-order valence-electron chi connectivity index (χ3n) is 3.69. The second kappa shape index (κ2) is 4.74. The molecule has 0 bridgehead atoms. The molecular weight excluding hydrogens is 308 g/mol. The lowest BCUT2D eigenvalue weighted by molar-refractivity contribution is 0.286. The minimum atomic E-state index is -0.0995. The van der Waals surface area contributed by atoms with Crippen LogP contribution in [0, 0.1) is 0 Å². The van der Waals surface area contributed by atoms with Crippen molar-refractivity contribution < 1.29 is 0 Å². The first-order chi connectivity index (χ1) is 8.69. The largest absolute Gasteiger partial charge is 0.351 e. The van der Waals surface area contributed by atoms with E-state index in [2.05, 4.69) is 33.4 Å². The molecule has 1 N–H and O–H groups in total. The van der Waals surface area contributed by atoms with Crippen molar-refractivity contribution in [2.24, 2.45) is 4.99 Å². The summed E-state index contributed by atoms with van der Waals surface area (Å²) in [5, 5.41) is 3.45. The molecule has 1 heterocycles. The Morgan fingerprint density at radius 3 is 2.44 bits per heavy atom. The van der Waals surface area contributed by atoms with Gasteiger partial charge in [0.1, 0.15) is 16.4 Å². The van der Waals surface area contributed by atoms with Gasteiger partial charge in [-0.1, -0.05) is 46.7 Å². The van der Waals surface area contributed by atoms with Gasteiger partial charge in [0, 0.05) is 10.0 Å². The molecule has 4 heteroatoms. The predicted octanol–water partition coefficient (Wildman–Crippen LogP) is 3.83. The molecular formula is C14H15BrN2S. The molecule has 1 aliphatic heterocycles. The molecule has 1 aliphatic carbocycles. The van der Waals surface area contributed by atoms with Crippen molar-refractivity contribution >= 4 is 38.8 Å². The summed E-state index contributed by atoms with van der Waals surface area (Å²) >= 11 is 8.91. The molecule has 1 fully saturated rings. The van der Waals surface area contributed by atoms with Crippen LogP contribution in [0.2, 0.25) is 0 Å². The average molecular weight is 323 g/mol. The van der Waals surface area contributed by atoms with Crippen LogP contribution in [0.25, 0.3) is 0 Å². The highest BCUT2D eigenvalue weighted by Gasteiger charge is 2.38. The highest BCUT2D eigenvalue weighted by atomic mass is 79.9. The Bertz CT molecular complexity index is 501. The summed E-state index contributed by atoms with van der Waals surface area (Å²) in [6, 6.07) is 8.20. The smallest absolute Gasteiger partial charge is 0.131 e. The summed E-state index contributed by atoms with van der Waals surface area (Å²) in [5.74, 6) is 0. The highest BCUT2D eigenvalue weighted by molar-refractivity contribution is 9.10. The van der Waals surface area contributed by atoms with Gasteiger partial charge >= 0.3 is 0 Å². The second-order valence-corrected chi connectivity index (χ2v) is 6.34. The molecule has 18 heavy (non-hydrogen) atoms. The monoisotopic (exact) mass is 322 g/mol. The quantitative estimate of drug-likeness (QED) is 0.795. The topological polar surface area (TPSA) is 24.4 Å². The van der Waals surface area contributed by atoms with E-state index in [1.165, 1.54) is 19.3 Å². The fraction of sp³-hybridized carbons (Fsp3) is 0.429. The number of nitrogens with one attached hydrogen (secondary N) is 1.